The molecular formula is C12H18N2O. The Bertz CT molecular complexity index is 369. The normalized spacial score (nSPS) is 10.2. The van der Waals surface area contributed by atoms with E-state index in [4.69, 9.17) is 5.11 Å². The quantitative estimate of drug-likeness (QED) is 0.603. The third-order valence-electron chi connectivity index (χ3n) is 2.09. The highest BCUT2D eigenvalue weighted by Crippen LogP contribution is 2.15. The zero-order valence-electron chi connectivity index (χ0n) is 9.62. The lowest BCUT2D eigenvalue weighted by molar-refractivity contribution is 0.290. The Morgan fingerprint density at radius 2 is 2.27 bits per heavy atom. The molecule has 3 heteroatoms. The lowest BCUT2D eigenvalue weighted by atomic mass is 10.1. The van der Waals surface area contributed by atoms with Gasteiger partial charge in [-0.25, -0.2) is 0 Å². The van der Waals surface area contributed by atoms with Gasteiger partial charge in [-0.05, 0) is 12.3 Å². The molecule has 1 aromatic heterocycles. The molecule has 1 N–H and O–H groups in total. The van der Waals surface area contributed by atoms with Gasteiger partial charge >= 0.3 is 0 Å². The first-order valence-electron chi connectivity index (χ1n) is 5.28. The summed E-state index contributed by atoms with van der Waals surface area (Å²) in [4.78, 5) is 0. The Kier molecular flexibility index (Phi) is 4.38. The number of nitrogens with zero attached hydrogens (tertiary/aromatic N) is 2. The third kappa shape index (κ3) is 3.41. The van der Waals surface area contributed by atoms with E-state index in [1.165, 1.54) is 0 Å². The van der Waals surface area contributed by atoms with Crippen LogP contribution >= 0.6 is 0 Å². The Morgan fingerprint density at radius 3 is 2.87 bits per heavy atom. The lowest BCUT2D eigenvalue weighted by Gasteiger charge is -1.98. The smallest absolute Gasteiger partial charge is 0.0806 e. The zero-order chi connectivity index (χ0) is 11.3. The summed E-state index contributed by atoms with van der Waals surface area (Å²) < 4.78 is 1.80. The first kappa shape index (κ1) is 11.8. The van der Waals surface area contributed by atoms with Crippen molar-refractivity contribution < 1.29 is 5.11 Å². The maximum Gasteiger partial charge on any atom is 0.0806 e. The van der Waals surface area contributed by atoms with E-state index in [1.807, 2.05) is 13.2 Å². The predicted molar refractivity (Wildman–Crippen MR) is 60.5 cm³/mol. The van der Waals surface area contributed by atoms with Gasteiger partial charge in [0.1, 0.15) is 0 Å². The molecule has 0 aliphatic carbocycles. The number of aliphatic hydroxyl groups is 1. The summed E-state index contributed by atoms with van der Waals surface area (Å²) in [6, 6.07) is 0. The van der Waals surface area contributed by atoms with E-state index in [2.05, 4.69) is 30.8 Å². The van der Waals surface area contributed by atoms with Crippen LogP contribution in [0.15, 0.2) is 6.20 Å². The average Bonchev–Trinajstić information content (AvgIpc) is 2.55. The van der Waals surface area contributed by atoms with Gasteiger partial charge in [0, 0.05) is 26.3 Å². The van der Waals surface area contributed by atoms with Gasteiger partial charge in [-0.2, -0.15) is 5.10 Å². The Hall–Kier alpha value is -1.27. The van der Waals surface area contributed by atoms with Gasteiger partial charge in [-0.15, -0.1) is 0 Å². The molecule has 0 aromatic carbocycles. The fourth-order valence-corrected chi connectivity index (χ4v) is 1.35. The zero-order valence-corrected chi connectivity index (χ0v) is 9.62. The summed E-state index contributed by atoms with van der Waals surface area (Å²) in [5.41, 5.74) is 2.06. The van der Waals surface area contributed by atoms with Crippen molar-refractivity contribution in [1.29, 1.82) is 0 Å². The Balaban J connectivity index is 2.78. The number of hydrogen-bond donors (Lipinski definition) is 1. The second-order valence-corrected chi connectivity index (χ2v) is 3.89. The topological polar surface area (TPSA) is 38.0 Å². The predicted octanol–water partition coefficient (Wildman–Crippen LogP) is 1.67. The van der Waals surface area contributed by atoms with Crippen LogP contribution in [-0.4, -0.2) is 21.5 Å². The molecule has 0 radical (unpaired) electrons. The molecule has 1 rings (SSSR count). The largest absolute Gasteiger partial charge is 0.396 e. The lowest BCUT2D eigenvalue weighted by Crippen LogP contribution is -1.93. The molecule has 0 aliphatic heterocycles. The summed E-state index contributed by atoms with van der Waals surface area (Å²) >= 11 is 0. The van der Waals surface area contributed by atoms with E-state index >= 15 is 0 Å². The van der Waals surface area contributed by atoms with Gasteiger partial charge in [0.05, 0.1) is 11.3 Å². The molecule has 0 saturated heterocycles. The molecule has 0 fully saturated rings. The maximum absolute atomic E-state index is 8.63. The molecule has 0 saturated carbocycles. The fourth-order valence-electron chi connectivity index (χ4n) is 1.35. The third-order valence-corrected chi connectivity index (χ3v) is 2.09. The minimum atomic E-state index is 0.207. The number of rotatable bonds is 3. The van der Waals surface area contributed by atoms with Crippen LogP contribution < -0.4 is 0 Å². The SMILES string of the molecule is CC(C)c1nn(C)cc1C#CCCCO. The molecule has 0 amide bonds. The van der Waals surface area contributed by atoms with Crippen LogP contribution in [0, 0.1) is 11.8 Å². The van der Waals surface area contributed by atoms with Crippen molar-refractivity contribution in [1.82, 2.24) is 9.78 Å². The van der Waals surface area contributed by atoms with Crippen LogP contribution in [-0.2, 0) is 7.05 Å². The molecule has 15 heavy (non-hydrogen) atoms. The molecular weight excluding hydrogens is 188 g/mol. The monoisotopic (exact) mass is 206 g/mol. The highest BCUT2D eigenvalue weighted by Gasteiger charge is 2.08. The molecule has 0 aliphatic rings. The van der Waals surface area contributed by atoms with Gasteiger partial charge in [-0.3, -0.25) is 4.68 Å². The summed E-state index contributed by atoms with van der Waals surface area (Å²) in [5.74, 6) is 6.55. The Morgan fingerprint density at radius 1 is 1.53 bits per heavy atom. The van der Waals surface area contributed by atoms with Crippen LogP contribution in [0.4, 0.5) is 0 Å². The summed E-state index contributed by atoms with van der Waals surface area (Å²) in [6.45, 7) is 4.43. The summed E-state index contributed by atoms with van der Waals surface area (Å²) in [6.07, 6.45) is 3.43. The first-order chi connectivity index (χ1) is 7.15. The van der Waals surface area contributed by atoms with Crippen LogP contribution in [0.5, 0.6) is 0 Å². The van der Waals surface area contributed by atoms with Crippen LogP contribution in [0.2, 0.25) is 0 Å². The molecule has 1 heterocycles. The van der Waals surface area contributed by atoms with Crippen LogP contribution in [0.3, 0.4) is 0 Å². The Labute approximate surface area is 91.1 Å². The van der Waals surface area contributed by atoms with Crippen molar-refractivity contribution in [2.75, 3.05) is 6.61 Å². The molecule has 0 bridgehead atoms. The molecule has 0 unspecified atom stereocenters. The number of aryl methyl sites for hydroxylation is 1. The van der Waals surface area contributed by atoms with Crippen molar-refractivity contribution >= 4 is 0 Å². The fraction of sp³-hybridized carbons (Fsp3) is 0.583. The van der Waals surface area contributed by atoms with Gasteiger partial charge in [0.15, 0.2) is 0 Å². The van der Waals surface area contributed by atoms with Crippen LogP contribution in [0.25, 0.3) is 0 Å². The van der Waals surface area contributed by atoms with Gasteiger partial charge in [-0.1, -0.05) is 25.7 Å². The van der Waals surface area contributed by atoms with E-state index < -0.39 is 0 Å². The summed E-state index contributed by atoms with van der Waals surface area (Å²) in [5, 5.41) is 13.0. The van der Waals surface area contributed by atoms with Gasteiger partial charge in [0.25, 0.3) is 0 Å². The van der Waals surface area contributed by atoms with Crippen molar-refractivity contribution in [2.24, 2.45) is 7.05 Å². The van der Waals surface area contributed by atoms with Gasteiger partial charge < -0.3 is 5.11 Å². The highest BCUT2D eigenvalue weighted by atomic mass is 16.2. The van der Waals surface area contributed by atoms with E-state index in [0.29, 0.717) is 5.92 Å². The maximum atomic E-state index is 8.63. The minimum absolute atomic E-state index is 0.207. The average molecular weight is 206 g/mol. The number of aromatic nitrogens is 2. The molecule has 0 atom stereocenters. The van der Waals surface area contributed by atoms with Crippen molar-refractivity contribution in [3.8, 4) is 11.8 Å². The van der Waals surface area contributed by atoms with E-state index in [1.54, 1.807) is 4.68 Å². The number of hydrogen-bond acceptors (Lipinski definition) is 2. The van der Waals surface area contributed by atoms with Gasteiger partial charge in [0.2, 0.25) is 0 Å². The molecule has 3 nitrogen and oxygen atoms in total. The molecule has 0 spiro atoms. The van der Waals surface area contributed by atoms with Crippen molar-refractivity contribution in [3.05, 3.63) is 17.5 Å². The van der Waals surface area contributed by atoms with E-state index in [-0.39, 0.29) is 6.61 Å². The summed E-state index contributed by atoms with van der Waals surface area (Å²) in [7, 11) is 1.91. The second-order valence-electron chi connectivity index (χ2n) is 3.89. The van der Waals surface area contributed by atoms with E-state index in [0.717, 1.165) is 24.1 Å². The van der Waals surface area contributed by atoms with Crippen LogP contribution in [0.1, 0.15) is 43.9 Å². The molecule has 82 valence electrons. The minimum Gasteiger partial charge on any atom is -0.396 e. The molecule has 1 aromatic rings. The van der Waals surface area contributed by atoms with Crippen molar-refractivity contribution in [2.45, 2.75) is 32.6 Å². The standard InChI is InChI=1S/C12H18N2O/c1-10(2)12-11(9-14(3)13-12)7-5-4-6-8-15/h9-10,15H,4,6,8H2,1-3H3. The highest BCUT2D eigenvalue weighted by molar-refractivity contribution is 5.37. The van der Waals surface area contributed by atoms with E-state index in [9.17, 15) is 0 Å². The van der Waals surface area contributed by atoms with Crippen molar-refractivity contribution in [3.63, 3.8) is 0 Å². The first-order valence-corrected chi connectivity index (χ1v) is 5.28. The second kappa shape index (κ2) is 5.57. The number of unbranched alkanes of at least 4 members (excludes halogenated alkanes) is 1. The number of aliphatic hydroxyl groups excluding tert-OH is 1.